The maximum Gasteiger partial charge on any atom is 0.169 e. The van der Waals surface area contributed by atoms with Crippen LogP contribution in [0.1, 0.15) is 48.5 Å². The van der Waals surface area contributed by atoms with Gasteiger partial charge in [0.2, 0.25) is 0 Å². The molecule has 2 aliphatic rings. The van der Waals surface area contributed by atoms with Crippen molar-refractivity contribution in [2.75, 3.05) is 0 Å². The van der Waals surface area contributed by atoms with E-state index in [-0.39, 0.29) is 5.41 Å². The molecule has 0 amide bonds. The largest absolute Gasteiger partial charge is 0.294 e. The highest BCUT2D eigenvalue weighted by Gasteiger charge is 2.46. The highest BCUT2D eigenvalue weighted by molar-refractivity contribution is 9.10. The van der Waals surface area contributed by atoms with Gasteiger partial charge in [-0.2, -0.15) is 0 Å². The normalized spacial score (nSPS) is 31.9. The number of carbonyl (C=O) groups excluding carboxylic acids is 1. The van der Waals surface area contributed by atoms with Crippen LogP contribution >= 0.6 is 15.9 Å². The van der Waals surface area contributed by atoms with E-state index in [9.17, 15) is 4.79 Å². The van der Waals surface area contributed by atoms with Crippen LogP contribution in [0.15, 0.2) is 22.7 Å². The number of hydrogen-bond acceptors (Lipinski definition) is 1. The van der Waals surface area contributed by atoms with Crippen molar-refractivity contribution < 1.29 is 4.79 Å². The van der Waals surface area contributed by atoms with Crippen molar-refractivity contribution in [3.05, 3.63) is 33.8 Å². The maximum absolute atomic E-state index is 12.6. The summed E-state index contributed by atoms with van der Waals surface area (Å²) in [5.74, 6) is 1.20. The fourth-order valence-electron chi connectivity index (χ4n) is 3.36. The minimum absolute atomic E-state index is 0.0460. The van der Waals surface area contributed by atoms with Crippen LogP contribution < -0.4 is 0 Å². The molecule has 2 aliphatic carbocycles. The molecule has 0 saturated heterocycles. The fourth-order valence-corrected chi connectivity index (χ4v) is 3.72. The first-order chi connectivity index (χ1) is 8.11. The molecule has 1 nitrogen and oxygen atoms in total. The summed E-state index contributed by atoms with van der Waals surface area (Å²) in [5.41, 5.74) is 2.18. The van der Waals surface area contributed by atoms with Crippen LogP contribution in [0.5, 0.6) is 0 Å². The average Bonchev–Trinajstić information content (AvgIpc) is 2.58. The number of Topliss-reactive ketones (excluding diaryl/α,β-unsaturated/α-hetero) is 1. The highest BCUT2D eigenvalue weighted by atomic mass is 79.9. The molecule has 1 fully saturated rings. The van der Waals surface area contributed by atoms with Gasteiger partial charge < -0.3 is 0 Å². The van der Waals surface area contributed by atoms with Crippen LogP contribution in [0, 0.1) is 11.3 Å². The van der Waals surface area contributed by atoms with Gasteiger partial charge in [0, 0.05) is 15.5 Å². The summed E-state index contributed by atoms with van der Waals surface area (Å²) >= 11 is 3.46. The Morgan fingerprint density at radius 2 is 2.00 bits per heavy atom. The van der Waals surface area contributed by atoms with Gasteiger partial charge in [-0.3, -0.25) is 4.79 Å². The predicted molar refractivity (Wildman–Crippen MR) is 72.2 cm³/mol. The molecule has 1 aromatic carbocycles. The van der Waals surface area contributed by atoms with Crippen molar-refractivity contribution in [3.63, 3.8) is 0 Å². The molecule has 0 heterocycles. The molecule has 0 aromatic heterocycles. The van der Waals surface area contributed by atoms with E-state index in [1.54, 1.807) is 0 Å². The molecule has 0 atom stereocenters. The number of rotatable bonds is 0. The fraction of sp³-hybridized carbons (Fsp3) is 0.533. The van der Waals surface area contributed by atoms with Gasteiger partial charge in [0.1, 0.15) is 0 Å². The Hall–Kier alpha value is -0.630. The minimum atomic E-state index is -0.0460. The lowest BCUT2D eigenvalue weighted by molar-refractivity contribution is 0.0714. The zero-order valence-electron chi connectivity index (χ0n) is 10.1. The van der Waals surface area contributed by atoms with E-state index in [1.807, 2.05) is 6.07 Å². The van der Waals surface area contributed by atoms with Crippen molar-refractivity contribution in [2.45, 2.75) is 39.0 Å². The topological polar surface area (TPSA) is 17.1 Å². The number of halogens is 1. The smallest absolute Gasteiger partial charge is 0.169 e. The van der Waals surface area contributed by atoms with E-state index in [0.717, 1.165) is 35.2 Å². The second-order valence-electron chi connectivity index (χ2n) is 5.77. The quantitative estimate of drug-likeness (QED) is 0.693. The number of ketones is 1. The second-order valence-corrected chi connectivity index (χ2v) is 6.69. The van der Waals surface area contributed by atoms with Gasteiger partial charge in [-0.05, 0) is 55.7 Å². The van der Waals surface area contributed by atoms with Crippen LogP contribution in [0.4, 0.5) is 0 Å². The zero-order chi connectivity index (χ0) is 12.0. The molecule has 1 saturated carbocycles. The number of benzene rings is 1. The van der Waals surface area contributed by atoms with Crippen molar-refractivity contribution in [3.8, 4) is 0 Å². The maximum atomic E-state index is 12.6. The average molecular weight is 293 g/mol. The summed E-state index contributed by atoms with van der Waals surface area (Å²) in [6.07, 6.45) is 5.56. The van der Waals surface area contributed by atoms with Crippen molar-refractivity contribution >= 4 is 21.7 Å². The van der Waals surface area contributed by atoms with E-state index in [1.165, 1.54) is 18.4 Å². The number of fused-ring (bicyclic) bond motifs is 1. The Labute approximate surface area is 111 Å². The minimum Gasteiger partial charge on any atom is -0.294 e. The van der Waals surface area contributed by atoms with Gasteiger partial charge in [-0.25, -0.2) is 0 Å². The van der Waals surface area contributed by atoms with E-state index >= 15 is 0 Å². The Morgan fingerprint density at radius 3 is 2.71 bits per heavy atom. The van der Waals surface area contributed by atoms with E-state index < -0.39 is 0 Å². The van der Waals surface area contributed by atoms with Crippen LogP contribution in [-0.2, 0) is 6.42 Å². The summed E-state index contributed by atoms with van der Waals surface area (Å²) < 4.78 is 1.02. The van der Waals surface area contributed by atoms with Crippen LogP contribution in [-0.4, -0.2) is 5.78 Å². The van der Waals surface area contributed by atoms with Gasteiger partial charge in [0.05, 0.1) is 0 Å². The summed E-state index contributed by atoms with van der Waals surface area (Å²) in [6.45, 7) is 2.30. The van der Waals surface area contributed by atoms with E-state index in [4.69, 9.17) is 0 Å². The highest BCUT2D eigenvalue weighted by Crippen LogP contribution is 2.48. The Kier molecular flexibility index (Phi) is 2.66. The number of hydrogen-bond donors (Lipinski definition) is 0. The van der Waals surface area contributed by atoms with Crippen molar-refractivity contribution in [1.29, 1.82) is 0 Å². The Morgan fingerprint density at radius 1 is 1.29 bits per heavy atom. The molecule has 1 aromatic rings. The molecule has 17 heavy (non-hydrogen) atoms. The number of carbonyl (C=O) groups is 1. The molecule has 3 rings (SSSR count). The zero-order valence-corrected chi connectivity index (χ0v) is 11.7. The van der Waals surface area contributed by atoms with Gasteiger partial charge in [-0.15, -0.1) is 0 Å². The van der Waals surface area contributed by atoms with Crippen molar-refractivity contribution in [2.24, 2.45) is 11.3 Å². The van der Waals surface area contributed by atoms with E-state index in [0.29, 0.717) is 5.78 Å². The SMILES string of the molecule is CC1CCC2(CC1)Cc1ccc(Br)cc1C2=O. The molecule has 0 radical (unpaired) electrons. The van der Waals surface area contributed by atoms with Gasteiger partial charge in [-0.1, -0.05) is 28.9 Å². The molecule has 90 valence electrons. The Balaban J connectivity index is 1.96. The first-order valence-corrected chi connectivity index (χ1v) is 7.23. The molecular weight excluding hydrogens is 276 g/mol. The molecule has 0 N–H and O–H groups in total. The van der Waals surface area contributed by atoms with Crippen LogP contribution in [0.2, 0.25) is 0 Å². The standard InChI is InChI=1S/C15H17BrO/c1-10-4-6-15(7-5-10)9-11-2-3-12(16)8-13(11)14(15)17/h2-3,8,10H,4-7,9H2,1H3. The third-order valence-corrected chi connectivity index (χ3v) is 5.05. The third kappa shape index (κ3) is 1.77. The molecule has 1 spiro atoms. The molecule has 0 bridgehead atoms. The Bertz CT molecular complexity index is 470. The first kappa shape index (κ1) is 11.5. The summed E-state index contributed by atoms with van der Waals surface area (Å²) in [4.78, 5) is 12.6. The second kappa shape index (κ2) is 3.94. The first-order valence-electron chi connectivity index (χ1n) is 6.44. The summed E-state index contributed by atoms with van der Waals surface area (Å²) in [7, 11) is 0. The van der Waals surface area contributed by atoms with Gasteiger partial charge in [0.15, 0.2) is 5.78 Å². The van der Waals surface area contributed by atoms with Crippen LogP contribution in [0.3, 0.4) is 0 Å². The van der Waals surface area contributed by atoms with E-state index in [2.05, 4.69) is 35.0 Å². The lowest BCUT2D eigenvalue weighted by atomic mass is 9.68. The third-order valence-electron chi connectivity index (χ3n) is 4.56. The molecule has 2 heteroatoms. The monoisotopic (exact) mass is 292 g/mol. The lowest BCUT2D eigenvalue weighted by Crippen LogP contribution is -2.32. The predicted octanol–water partition coefficient (Wildman–Crippen LogP) is 4.38. The van der Waals surface area contributed by atoms with Crippen LogP contribution in [0.25, 0.3) is 0 Å². The summed E-state index contributed by atoms with van der Waals surface area (Å²) in [6, 6.07) is 6.17. The molecular formula is C15H17BrO. The van der Waals surface area contributed by atoms with Gasteiger partial charge in [0.25, 0.3) is 0 Å². The molecule has 0 unspecified atom stereocenters. The van der Waals surface area contributed by atoms with Gasteiger partial charge >= 0.3 is 0 Å². The molecule has 0 aliphatic heterocycles. The lowest BCUT2D eigenvalue weighted by Gasteiger charge is -2.34. The van der Waals surface area contributed by atoms with Crippen molar-refractivity contribution in [1.82, 2.24) is 0 Å². The summed E-state index contributed by atoms with van der Waals surface area (Å²) in [5, 5.41) is 0.